The highest BCUT2D eigenvalue weighted by atomic mass is 32.1. The molecular weight excluding hydrogens is 523 g/mol. The molecule has 202 valence electrons. The number of hydrogen-bond donors (Lipinski definition) is 1. The van der Waals surface area contributed by atoms with Crippen molar-refractivity contribution in [2.45, 2.75) is 32.7 Å². The third kappa shape index (κ3) is 5.75. The molecule has 3 aromatic rings. The van der Waals surface area contributed by atoms with Crippen LogP contribution in [-0.4, -0.2) is 41.0 Å². The number of ketones is 1. The lowest BCUT2D eigenvalue weighted by molar-refractivity contribution is -0.132. The summed E-state index contributed by atoms with van der Waals surface area (Å²) in [6.07, 6.45) is 3.29. The second-order valence-electron chi connectivity index (χ2n) is 8.75. The first-order chi connectivity index (χ1) is 18.8. The summed E-state index contributed by atoms with van der Waals surface area (Å²) in [5.41, 5.74) is 0.594. The number of aryl methyl sites for hydroxylation is 1. The van der Waals surface area contributed by atoms with E-state index in [1.807, 2.05) is 0 Å². The van der Waals surface area contributed by atoms with Crippen LogP contribution in [0, 0.1) is 12.7 Å². The number of unbranched alkanes of at least 4 members (excludes halogenated alkanes) is 1. The molecule has 1 saturated heterocycles. The summed E-state index contributed by atoms with van der Waals surface area (Å²) in [7, 11) is 0. The van der Waals surface area contributed by atoms with Gasteiger partial charge in [0.1, 0.15) is 28.8 Å². The molecule has 4 rings (SSSR count). The Balaban J connectivity index is 1.80. The van der Waals surface area contributed by atoms with Gasteiger partial charge in [-0.25, -0.2) is 14.2 Å². The van der Waals surface area contributed by atoms with Crippen LogP contribution in [0.5, 0.6) is 5.75 Å². The lowest BCUT2D eigenvalue weighted by Gasteiger charge is -2.23. The molecule has 1 aliphatic heterocycles. The van der Waals surface area contributed by atoms with E-state index in [2.05, 4.69) is 18.5 Å². The number of aliphatic hydroxyl groups excluding tert-OH is 1. The van der Waals surface area contributed by atoms with Crippen LogP contribution in [0.2, 0.25) is 0 Å². The Labute approximate surface area is 229 Å². The maximum absolute atomic E-state index is 14.3. The van der Waals surface area contributed by atoms with Crippen LogP contribution in [0.4, 0.5) is 9.52 Å². The minimum Gasteiger partial charge on any atom is -0.507 e. The summed E-state index contributed by atoms with van der Waals surface area (Å²) < 4.78 is 25.1. The van der Waals surface area contributed by atoms with Crippen LogP contribution in [0.3, 0.4) is 0 Å². The quantitative estimate of drug-likeness (QED) is 0.0857. The number of ether oxygens (including phenoxy) is 2. The first kappa shape index (κ1) is 27.7. The number of rotatable bonds is 10. The minimum atomic E-state index is -1.19. The van der Waals surface area contributed by atoms with Crippen LogP contribution in [0.15, 0.2) is 66.8 Å². The number of Topliss-reactive ketones (excluding diaryl/α,β-unsaturated/α-hetero) is 1. The smallest absolute Gasteiger partial charge is 0.350 e. The SMILES string of the molecule is C=CCOC(=O)c1sc(N2C(=O)C(=O)C(=C(O)c3ccc(OCCCC)cc3)[C@@H]2c2cccc(F)c2)nc1C. The third-order valence-electron chi connectivity index (χ3n) is 6.01. The van der Waals surface area contributed by atoms with Gasteiger partial charge in [0.05, 0.1) is 23.9 Å². The molecule has 0 aliphatic carbocycles. The Morgan fingerprint density at radius 2 is 1.97 bits per heavy atom. The summed E-state index contributed by atoms with van der Waals surface area (Å²) in [6, 6.07) is 10.7. The largest absolute Gasteiger partial charge is 0.507 e. The first-order valence-electron chi connectivity index (χ1n) is 12.3. The van der Waals surface area contributed by atoms with Crippen molar-refractivity contribution in [2.75, 3.05) is 18.1 Å². The van der Waals surface area contributed by atoms with E-state index in [-0.39, 0.29) is 33.3 Å². The number of nitrogens with zero attached hydrogens (tertiary/aromatic N) is 2. The average molecular weight is 551 g/mol. The van der Waals surface area contributed by atoms with E-state index in [0.29, 0.717) is 18.1 Å². The maximum Gasteiger partial charge on any atom is 0.350 e. The van der Waals surface area contributed by atoms with Crippen molar-refractivity contribution in [1.82, 2.24) is 4.98 Å². The van der Waals surface area contributed by atoms with E-state index in [4.69, 9.17) is 9.47 Å². The lowest BCUT2D eigenvalue weighted by atomic mass is 9.95. The van der Waals surface area contributed by atoms with E-state index >= 15 is 0 Å². The summed E-state index contributed by atoms with van der Waals surface area (Å²) in [6.45, 7) is 7.67. The van der Waals surface area contributed by atoms with Crippen LogP contribution in [0.25, 0.3) is 5.76 Å². The predicted molar refractivity (Wildman–Crippen MR) is 145 cm³/mol. The minimum absolute atomic E-state index is 0.0122. The number of carbonyl (C=O) groups is 3. The highest BCUT2D eigenvalue weighted by Crippen LogP contribution is 2.44. The van der Waals surface area contributed by atoms with Gasteiger partial charge in [-0.1, -0.05) is 49.5 Å². The molecule has 0 unspecified atom stereocenters. The fourth-order valence-electron chi connectivity index (χ4n) is 4.10. The van der Waals surface area contributed by atoms with Gasteiger partial charge in [-0.05, 0) is 55.3 Å². The molecule has 1 fully saturated rings. The molecule has 0 bridgehead atoms. The number of thiazole rings is 1. The normalized spacial score (nSPS) is 16.4. The topological polar surface area (TPSA) is 106 Å². The monoisotopic (exact) mass is 550 g/mol. The van der Waals surface area contributed by atoms with Crippen molar-refractivity contribution in [1.29, 1.82) is 0 Å². The maximum atomic E-state index is 14.3. The van der Waals surface area contributed by atoms with Gasteiger partial charge in [-0.2, -0.15) is 0 Å². The molecule has 10 heteroatoms. The predicted octanol–water partition coefficient (Wildman–Crippen LogP) is 5.74. The summed E-state index contributed by atoms with van der Waals surface area (Å²) in [4.78, 5) is 44.7. The Hall–Kier alpha value is -4.31. The van der Waals surface area contributed by atoms with Crippen LogP contribution in [0.1, 0.15) is 52.3 Å². The Bertz CT molecular complexity index is 1450. The van der Waals surface area contributed by atoms with E-state index in [1.54, 1.807) is 37.3 Å². The Kier molecular flexibility index (Phi) is 8.55. The number of aliphatic hydroxyl groups is 1. The van der Waals surface area contributed by atoms with Crippen molar-refractivity contribution in [2.24, 2.45) is 0 Å². The second kappa shape index (κ2) is 12.0. The van der Waals surface area contributed by atoms with Gasteiger partial charge >= 0.3 is 11.9 Å². The first-order valence-corrected chi connectivity index (χ1v) is 13.1. The summed E-state index contributed by atoms with van der Waals surface area (Å²) >= 11 is 0.863. The Morgan fingerprint density at radius 1 is 1.23 bits per heavy atom. The molecule has 1 amide bonds. The number of amides is 1. The van der Waals surface area contributed by atoms with E-state index < -0.39 is 35.3 Å². The number of hydrogen-bond acceptors (Lipinski definition) is 8. The van der Waals surface area contributed by atoms with Gasteiger partial charge in [0, 0.05) is 5.56 Å². The van der Waals surface area contributed by atoms with Gasteiger partial charge in [0.15, 0.2) is 5.13 Å². The number of benzene rings is 2. The van der Waals surface area contributed by atoms with Crippen molar-refractivity contribution >= 4 is 39.9 Å². The molecule has 8 nitrogen and oxygen atoms in total. The number of carbonyl (C=O) groups excluding carboxylic acids is 3. The third-order valence-corrected chi connectivity index (χ3v) is 7.15. The van der Waals surface area contributed by atoms with E-state index in [1.165, 1.54) is 24.3 Å². The highest BCUT2D eigenvalue weighted by molar-refractivity contribution is 7.17. The molecular formula is C29H27FN2O6S. The number of aromatic nitrogens is 1. The summed E-state index contributed by atoms with van der Waals surface area (Å²) in [5, 5.41) is 11.3. The number of esters is 1. The highest BCUT2D eigenvalue weighted by Gasteiger charge is 2.48. The van der Waals surface area contributed by atoms with Crippen molar-refractivity contribution in [3.05, 3.63) is 94.3 Å². The fourth-order valence-corrected chi connectivity index (χ4v) is 5.08. The van der Waals surface area contributed by atoms with Gasteiger partial charge < -0.3 is 14.6 Å². The molecule has 1 N–H and O–H groups in total. The zero-order valence-electron chi connectivity index (χ0n) is 21.5. The molecule has 1 aliphatic rings. The Morgan fingerprint density at radius 3 is 2.64 bits per heavy atom. The van der Waals surface area contributed by atoms with Crippen LogP contribution in [-0.2, 0) is 14.3 Å². The van der Waals surface area contributed by atoms with Gasteiger partial charge in [0.25, 0.3) is 5.78 Å². The standard InChI is InChI=1S/C29H27FN2O6S/c1-4-6-15-37-21-12-10-18(11-13-21)24(33)22-23(19-8-7-9-20(30)16-19)32(27(35)25(22)34)29-31-17(3)26(39-29)28(36)38-14-5-2/h5,7-13,16,23,33H,2,4,6,14-15H2,1,3H3/t23-/m0/s1. The number of anilines is 1. The fraction of sp³-hybridized carbons (Fsp3) is 0.241. The summed E-state index contributed by atoms with van der Waals surface area (Å²) in [5.74, 6) is -3.01. The van der Waals surface area contributed by atoms with Crippen molar-refractivity contribution < 1.29 is 33.4 Å². The molecule has 1 aromatic heterocycles. The number of halogens is 1. The second-order valence-corrected chi connectivity index (χ2v) is 9.73. The molecule has 2 heterocycles. The van der Waals surface area contributed by atoms with E-state index in [0.717, 1.165) is 29.1 Å². The average Bonchev–Trinajstić information content (AvgIpc) is 3.44. The zero-order valence-corrected chi connectivity index (χ0v) is 22.3. The zero-order chi connectivity index (χ0) is 28.1. The van der Waals surface area contributed by atoms with Gasteiger partial charge in [-0.3, -0.25) is 14.5 Å². The van der Waals surface area contributed by atoms with E-state index in [9.17, 15) is 23.9 Å². The van der Waals surface area contributed by atoms with Gasteiger partial charge in [-0.15, -0.1) is 0 Å². The molecule has 0 radical (unpaired) electrons. The molecule has 0 spiro atoms. The lowest BCUT2D eigenvalue weighted by Crippen LogP contribution is -2.29. The molecule has 0 saturated carbocycles. The molecule has 1 atom stereocenters. The molecule has 39 heavy (non-hydrogen) atoms. The van der Waals surface area contributed by atoms with Crippen LogP contribution >= 0.6 is 11.3 Å². The van der Waals surface area contributed by atoms with Crippen LogP contribution < -0.4 is 9.64 Å². The molecule has 2 aromatic carbocycles. The van der Waals surface area contributed by atoms with Crippen molar-refractivity contribution in [3.63, 3.8) is 0 Å². The van der Waals surface area contributed by atoms with Gasteiger partial charge in [0.2, 0.25) is 0 Å². The van der Waals surface area contributed by atoms with Crippen molar-refractivity contribution in [3.8, 4) is 5.75 Å².